The molecule has 0 saturated carbocycles. The van der Waals surface area contributed by atoms with Crippen LogP contribution in [0.1, 0.15) is 18.2 Å². The summed E-state index contributed by atoms with van der Waals surface area (Å²) in [7, 11) is 2.73. The minimum atomic E-state index is -0.568. The summed E-state index contributed by atoms with van der Waals surface area (Å²) in [6, 6.07) is 4.30. The van der Waals surface area contributed by atoms with E-state index in [0.29, 0.717) is 0 Å². The summed E-state index contributed by atoms with van der Waals surface area (Å²) in [6.45, 7) is 2.21. The zero-order valence-corrected chi connectivity index (χ0v) is 10.8. The van der Waals surface area contributed by atoms with Gasteiger partial charge in [0.1, 0.15) is 0 Å². The van der Waals surface area contributed by atoms with Crippen LogP contribution in [0.4, 0.5) is 0 Å². The summed E-state index contributed by atoms with van der Waals surface area (Å²) in [5.74, 6) is 0. The molecular weight excluding hydrogens is 200 g/mol. The molecule has 1 heterocycles. The van der Waals surface area contributed by atoms with E-state index in [1.165, 1.54) is 17.7 Å². The summed E-state index contributed by atoms with van der Waals surface area (Å²) < 4.78 is 9.22. The minimum Gasteiger partial charge on any atom is -0.402 e. The Hall–Kier alpha value is -0.163. The van der Waals surface area contributed by atoms with E-state index in [4.69, 9.17) is 0 Å². The average Bonchev–Trinajstić information content (AvgIpc) is 2.60. The van der Waals surface area contributed by atoms with E-state index in [2.05, 4.69) is 33.3 Å². The average molecular weight is 218 g/mol. The summed E-state index contributed by atoms with van der Waals surface area (Å²) in [5, 5.41) is 2.13. The molecule has 0 N–H and O–H groups in total. The predicted octanol–water partition coefficient (Wildman–Crippen LogP) is 1.98. The van der Waals surface area contributed by atoms with E-state index >= 15 is 0 Å². The van der Waals surface area contributed by atoms with E-state index in [1.807, 2.05) is 11.3 Å². The fraction of sp³-hybridized carbons (Fsp3) is 0.556. The van der Waals surface area contributed by atoms with Gasteiger partial charge in [0.15, 0.2) is 0 Å². The zero-order chi connectivity index (χ0) is 9.94. The molecule has 13 heavy (non-hydrogen) atoms. The molecule has 1 aromatic rings. The van der Waals surface area contributed by atoms with Gasteiger partial charge in [-0.2, -0.15) is 0 Å². The van der Waals surface area contributed by atoms with Crippen LogP contribution in [0.2, 0.25) is 0 Å². The first-order valence-corrected chi connectivity index (χ1v) is 6.38. The van der Waals surface area contributed by atoms with E-state index < -0.39 is 10.0 Å². The lowest BCUT2D eigenvalue weighted by atomic mass is 10.3. The molecule has 0 aliphatic heterocycles. The first-order valence-electron chi connectivity index (χ1n) is 4.35. The van der Waals surface area contributed by atoms with Gasteiger partial charge in [0.2, 0.25) is 0 Å². The molecule has 0 unspecified atom stereocenters. The van der Waals surface area contributed by atoms with Crippen molar-refractivity contribution in [3.63, 3.8) is 0 Å². The Bertz CT molecular complexity index is 176. The van der Waals surface area contributed by atoms with Gasteiger partial charge in [0.25, 0.3) is 0 Å². The van der Waals surface area contributed by atoms with Gasteiger partial charge in [-0.25, -0.2) is 0 Å². The fourth-order valence-corrected chi connectivity index (χ4v) is 1.87. The third-order valence-electron chi connectivity index (χ3n) is 1.31. The predicted molar refractivity (Wildman–Crippen MR) is 60.9 cm³/mol. The van der Waals surface area contributed by atoms with Gasteiger partial charge in [-0.3, -0.25) is 0 Å². The standard InChI is InChI=1S/C7H10S.C2H8O2Si/c1-2-4-7-5-3-6-8-7;1-3-5-4-2/h3,5-6H,2,4H2,1H3;5H2,1-2H3. The van der Waals surface area contributed by atoms with Crippen molar-refractivity contribution in [2.24, 2.45) is 0 Å². The molecule has 0 aliphatic carbocycles. The Morgan fingerprint density at radius 1 is 1.38 bits per heavy atom. The summed E-state index contributed by atoms with van der Waals surface area (Å²) in [5.41, 5.74) is 0. The largest absolute Gasteiger partial charge is 0.402 e. The fourth-order valence-electron chi connectivity index (χ4n) is 0.819. The maximum Gasteiger partial charge on any atom is 0.303 e. The number of aryl methyl sites for hydroxylation is 1. The lowest BCUT2D eigenvalue weighted by Gasteiger charge is -1.86. The van der Waals surface area contributed by atoms with E-state index in [-0.39, 0.29) is 0 Å². The smallest absolute Gasteiger partial charge is 0.303 e. The van der Waals surface area contributed by atoms with Crippen LogP contribution in [0.3, 0.4) is 0 Å². The molecule has 0 radical (unpaired) electrons. The van der Waals surface area contributed by atoms with Gasteiger partial charge in [-0.15, -0.1) is 11.3 Å². The van der Waals surface area contributed by atoms with Crippen LogP contribution in [0.15, 0.2) is 17.5 Å². The van der Waals surface area contributed by atoms with Crippen molar-refractivity contribution in [3.8, 4) is 0 Å². The molecule has 76 valence electrons. The Kier molecular flexibility index (Phi) is 9.80. The molecule has 0 aromatic carbocycles. The topological polar surface area (TPSA) is 18.5 Å². The SMILES string of the molecule is CCCc1cccs1.CO[SiH2]OC. The Balaban J connectivity index is 0.000000252. The van der Waals surface area contributed by atoms with Gasteiger partial charge >= 0.3 is 10.0 Å². The first kappa shape index (κ1) is 12.8. The third-order valence-corrected chi connectivity index (χ3v) is 2.72. The molecule has 1 rings (SSSR count). The van der Waals surface area contributed by atoms with Crippen LogP contribution in [0.25, 0.3) is 0 Å². The summed E-state index contributed by atoms with van der Waals surface area (Å²) in [6.07, 6.45) is 2.51. The highest BCUT2D eigenvalue weighted by atomic mass is 32.1. The van der Waals surface area contributed by atoms with Crippen LogP contribution in [-0.4, -0.2) is 24.2 Å². The van der Waals surface area contributed by atoms with Crippen LogP contribution < -0.4 is 0 Å². The van der Waals surface area contributed by atoms with Crippen LogP contribution in [0, 0.1) is 0 Å². The second-order valence-corrected chi connectivity index (χ2v) is 4.95. The minimum absolute atomic E-state index is 0.568. The van der Waals surface area contributed by atoms with Crippen LogP contribution >= 0.6 is 11.3 Å². The highest BCUT2D eigenvalue weighted by Gasteiger charge is 1.87. The number of hydrogen-bond donors (Lipinski definition) is 0. The van der Waals surface area contributed by atoms with Crippen LogP contribution in [-0.2, 0) is 15.3 Å². The van der Waals surface area contributed by atoms with Gasteiger partial charge < -0.3 is 8.85 Å². The second-order valence-electron chi connectivity index (χ2n) is 2.52. The molecule has 0 saturated heterocycles. The highest BCUT2D eigenvalue weighted by molar-refractivity contribution is 7.09. The molecule has 0 spiro atoms. The van der Waals surface area contributed by atoms with Crippen molar-refractivity contribution >= 4 is 21.3 Å². The first-order chi connectivity index (χ1) is 6.35. The number of rotatable bonds is 4. The maximum atomic E-state index is 4.61. The lowest BCUT2D eigenvalue weighted by Crippen LogP contribution is -1.93. The van der Waals surface area contributed by atoms with Crippen molar-refractivity contribution in [2.75, 3.05) is 14.2 Å². The van der Waals surface area contributed by atoms with Crippen molar-refractivity contribution in [1.29, 1.82) is 0 Å². The Morgan fingerprint density at radius 2 is 2.08 bits per heavy atom. The number of hydrogen-bond acceptors (Lipinski definition) is 3. The maximum absolute atomic E-state index is 4.61. The molecule has 0 aliphatic rings. The molecule has 0 amide bonds. The van der Waals surface area contributed by atoms with Gasteiger partial charge in [-0.05, 0) is 17.9 Å². The van der Waals surface area contributed by atoms with Gasteiger partial charge in [0.05, 0.1) is 0 Å². The summed E-state index contributed by atoms with van der Waals surface area (Å²) in [4.78, 5) is 1.51. The van der Waals surface area contributed by atoms with Gasteiger partial charge in [-0.1, -0.05) is 19.4 Å². The molecule has 4 heteroatoms. The Morgan fingerprint density at radius 3 is 2.38 bits per heavy atom. The quantitative estimate of drug-likeness (QED) is 0.720. The normalized spacial score (nSPS) is 9.15. The zero-order valence-electron chi connectivity index (χ0n) is 8.58. The molecule has 1 aromatic heterocycles. The monoisotopic (exact) mass is 218 g/mol. The van der Waals surface area contributed by atoms with Crippen molar-refractivity contribution in [1.82, 2.24) is 0 Å². The number of thiophene rings is 1. The van der Waals surface area contributed by atoms with Gasteiger partial charge in [0, 0.05) is 19.1 Å². The van der Waals surface area contributed by atoms with E-state index in [9.17, 15) is 0 Å². The Labute approximate surface area is 87.0 Å². The second kappa shape index (κ2) is 9.92. The van der Waals surface area contributed by atoms with E-state index in [0.717, 1.165) is 0 Å². The van der Waals surface area contributed by atoms with Crippen molar-refractivity contribution in [2.45, 2.75) is 19.8 Å². The van der Waals surface area contributed by atoms with Crippen LogP contribution in [0.5, 0.6) is 0 Å². The van der Waals surface area contributed by atoms with Crippen molar-refractivity contribution < 1.29 is 8.85 Å². The third kappa shape index (κ3) is 8.17. The lowest BCUT2D eigenvalue weighted by molar-refractivity contribution is 0.309. The van der Waals surface area contributed by atoms with Crippen molar-refractivity contribution in [3.05, 3.63) is 22.4 Å². The summed E-state index contributed by atoms with van der Waals surface area (Å²) >= 11 is 1.85. The molecular formula is C9H18O2SSi. The molecule has 0 bridgehead atoms. The molecule has 0 fully saturated rings. The van der Waals surface area contributed by atoms with E-state index in [1.54, 1.807) is 14.2 Å². The molecule has 0 atom stereocenters. The highest BCUT2D eigenvalue weighted by Crippen LogP contribution is 2.09. The molecule has 2 nitrogen and oxygen atoms in total.